The van der Waals surface area contributed by atoms with E-state index in [0.717, 1.165) is 5.56 Å². The summed E-state index contributed by atoms with van der Waals surface area (Å²) >= 11 is 3.16. The summed E-state index contributed by atoms with van der Waals surface area (Å²) in [7, 11) is 0. The predicted molar refractivity (Wildman–Crippen MR) is 58.2 cm³/mol. The van der Waals surface area contributed by atoms with Gasteiger partial charge in [-0.15, -0.1) is 0 Å². The van der Waals surface area contributed by atoms with Crippen molar-refractivity contribution >= 4 is 27.9 Å². The molecule has 1 aliphatic heterocycles. The lowest BCUT2D eigenvalue weighted by atomic mass is 10.2. The number of urea groups is 1. The Kier molecular flexibility index (Phi) is 2.73. The van der Waals surface area contributed by atoms with E-state index in [4.69, 9.17) is 0 Å². The van der Waals surface area contributed by atoms with Gasteiger partial charge in [-0.05, 0) is 5.56 Å². The Labute approximate surface area is 95.4 Å². The Morgan fingerprint density at radius 3 is 2.47 bits per heavy atom. The Morgan fingerprint density at radius 2 is 1.93 bits per heavy atom. The van der Waals surface area contributed by atoms with Crippen LogP contribution < -0.4 is 5.32 Å². The molecular weight excluding hydrogens is 260 g/mol. The third kappa shape index (κ3) is 2.02. The summed E-state index contributed by atoms with van der Waals surface area (Å²) in [6.07, 6.45) is 0. The van der Waals surface area contributed by atoms with Crippen molar-refractivity contribution in [2.24, 2.45) is 0 Å². The number of nitrogens with zero attached hydrogens (tertiary/aromatic N) is 1. The molecule has 1 atom stereocenters. The third-order valence-electron chi connectivity index (χ3n) is 2.18. The summed E-state index contributed by atoms with van der Waals surface area (Å²) < 4.78 is 0. The van der Waals surface area contributed by atoms with Gasteiger partial charge in [0.1, 0.15) is 0 Å². The lowest BCUT2D eigenvalue weighted by Gasteiger charge is -2.16. The fourth-order valence-corrected chi connectivity index (χ4v) is 1.86. The second-order valence-electron chi connectivity index (χ2n) is 3.24. The highest BCUT2D eigenvalue weighted by Crippen LogP contribution is 2.17. The van der Waals surface area contributed by atoms with E-state index in [-0.39, 0.29) is 11.9 Å². The van der Waals surface area contributed by atoms with Gasteiger partial charge >= 0.3 is 6.03 Å². The van der Waals surface area contributed by atoms with Gasteiger partial charge in [-0.3, -0.25) is 15.0 Å². The van der Waals surface area contributed by atoms with Crippen molar-refractivity contribution < 1.29 is 9.59 Å². The highest BCUT2D eigenvalue weighted by molar-refractivity contribution is 9.10. The fraction of sp³-hybridized carbons (Fsp3) is 0.200. The molecule has 1 aliphatic rings. The quantitative estimate of drug-likeness (QED) is 0.502. The molecule has 78 valence electrons. The first kappa shape index (κ1) is 10.2. The Balaban J connectivity index is 2.13. The fourth-order valence-electron chi connectivity index (χ4n) is 1.41. The molecule has 1 N–H and O–H groups in total. The van der Waals surface area contributed by atoms with Gasteiger partial charge in [0.15, 0.2) is 4.95 Å². The summed E-state index contributed by atoms with van der Waals surface area (Å²) in [5.41, 5.74) is 0.992. The monoisotopic (exact) mass is 268 g/mol. The lowest BCUT2D eigenvalue weighted by Crippen LogP contribution is -2.30. The summed E-state index contributed by atoms with van der Waals surface area (Å²) in [4.78, 5) is 23.4. The van der Waals surface area contributed by atoms with Gasteiger partial charge in [0.25, 0.3) is 5.91 Å². The number of rotatable bonds is 2. The molecule has 2 rings (SSSR count). The van der Waals surface area contributed by atoms with Gasteiger partial charge in [0.05, 0.1) is 0 Å². The van der Waals surface area contributed by atoms with Crippen molar-refractivity contribution in [3.8, 4) is 0 Å². The van der Waals surface area contributed by atoms with Gasteiger partial charge < -0.3 is 0 Å². The topological polar surface area (TPSA) is 49.4 Å². The van der Waals surface area contributed by atoms with Crippen LogP contribution in [0.2, 0.25) is 0 Å². The van der Waals surface area contributed by atoms with E-state index in [2.05, 4.69) is 21.2 Å². The highest BCUT2D eigenvalue weighted by Gasteiger charge is 2.36. The molecule has 5 heteroatoms. The number of alkyl halides is 1. The zero-order valence-electron chi connectivity index (χ0n) is 7.81. The van der Waals surface area contributed by atoms with E-state index < -0.39 is 4.95 Å². The van der Waals surface area contributed by atoms with Crippen molar-refractivity contribution in [3.05, 3.63) is 35.9 Å². The minimum Gasteiger partial charge on any atom is -0.298 e. The average molecular weight is 269 g/mol. The molecule has 1 heterocycles. The number of imide groups is 1. The summed E-state index contributed by atoms with van der Waals surface area (Å²) in [5.74, 6) is -0.309. The minimum atomic E-state index is -0.565. The van der Waals surface area contributed by atoms with Gasteiger partial charge in [-0.1, -0.05) is 46.3 Å². The molecule has 0 aromatic heterocycles. The Morgan fingerprint density at radius 1 is 1.27 bits per heavy atom. The molecule has 1 aromatic rings. The average Bonchev–Trinajstić information content (AvgIpc) is 2.47. The third-order valence-corrected chi connectivity index (χ3v) is 3.09. The molecule has 0 aliphatic carbocycles. The predicted octanol–water partition coefficient (Wildman–Crippen LogP) is 1.46. The molecule has 15 heavy (non-hydrogen) atoms. The van der Waals surface area contributed by atoms with Crippen LogP contribution in [0.15, 0.2) is 30.3 Å². The lowest BCUT2D eigenvalue weighted by molar-refractivity contribution is -0.119. The number of carbonyl (C=O) groups is 2. The van der Waals surface area contributed by atoms with Crippen LogP contribution in [0.5, 0.6) is 0 Å². The molecule has 0 bridgehead atoms. The first-order chi connectivity index (χ1) is 7.18. The van der Waals surface area contributed by atoms with Crippen LogP contribution in [-0.4, -0.2) is 21.8 Å². The minimum absolute atomic E-state index is 0.309. The number of nitrogens with one attached hydrogen (secondary N) is 1. The van der Waals surface area contributed by atoms with E-state index in [1.807, 2.05) is 30.3 Å². The van der Waals surface area contributed by atoms with Crippen LogP contribution in [-0.2, 0) is 11.3 Å². The number of amides is 3. The van der Waals surface area contributed by atoms with Gasteiger partial charge in [0.2, 0.25) is 0 Å². The number of benzene rings is 1. The molecule has 0 radical (unpaired) electrons. The van der Waals surface area contributed by atoms with E-state index in [1.54, 1.807) is 0 Å². The van der Waals surface area contributed by atoms with Crippen LogP contribution in [0, 0.1) is 0 Å². The number of carbonyl (C=O) groups excluding carboxylic acids is 2. The SMILES string of the molecule is O=C1NC(=O)N(Cc2ccccc2)C1Br. The normalized spacial score (nSPS) is 20.6. The van der Waals surface area contributed by atoms with E-state index in [1.165, 1.54) is 4.90 Å². The van der Waals surface area contributed by atoms with E-state index in [0.29, 0.717) is 6.54 Å². The molecule has 1 fully saturated rings. The molecule has 0 spiro atoms. The molecule has 1 unspecified atom stereocenters. The van der Waals surface area contributed by atoms with E-state index >= 15 is 0 Å². The zero-order chi connectivity index (χ0) is 10.8. The van der Waals surface area contributed by atoms with Gasteiger partial charge in [0, 0.05) is 6.54 Å². The zero-order valence-corrected chi connectivity index (χ0v) is 9.40. The maximum Gasteiger partial charge on any atom is 0.325 e. The molecule has 4 nitrogen and oxygen atoms in total. The molecule has 0 saturated carbocycles. The van der Waals surface area contributed by atoms with Crippen molar-refractivity contribution in [1.82, 2.24) is 10.2 Å². The molecule has 1 saturated heterocycles. The molecule has 3 amide bonds. The highest BCUT2D eigenvalue weighted by atomic mass is 79.9. The van der Waals surface area contributed by atoms with E-state index in [9.17, 15) is 9.59 Å². The maximum absolute atomic E-state index is 11.4. The Bertz CT molecular complexity index is 394. The van der Waals surface area contributed by atoms with Gasteiger partial charge in [-0.2, -0.15) is 0 Å². The van der Waals surface area contributed by atoms with Crippen LogP contribution in [0.3, 0.4) is 0 Å². The van der Waals surface area contributed by atoms with Crippen molar-refractivity contribution in [2.45, 2.75) is 11.5 Å². The Hall–Kier alpha value is -1.36. The largest absolute Gasteiger partial charge is 0.325 e. The number of halogens is 1. The molecule has 1 aromatic carbocycles. The van der Waals surface area contributed by atoms with Crippen molar-refractivity contribution in [3.63, 3.8) is 0 Å². The summed E-state index contributed by atoms with van der Waals surface area (Å²) in [6.45, 7) is 0.425. The van der Waals surface area contributed by atoms with Crippen LogP contribution in [0.4, 0.5) is 4.79 Å². The number of hydrogen-bond acceptors (Lipinski definition) is 2. The smallest absolute Gasteiger partial charge is 0.298 e. The summed E-state index contributed by atoms with van der Waals surface area (Å²) in [5, 5.41) is 2.24. The van der Waals surface area contributed by atoms with Crippen molar-refractivity contribution in [1.29, 1.82) is 0 Å². The maximum atomic E-state index is 11.4. The second-order valence-corrected chi connectivity index (χ2v) is 4.11. The standard InChI is InChI=1S/C10H9BrN2O2/c11-8-9(14)12-10(15)13(8)6-7-4-2-1-3-5-7/h1-5,8H,6H2,(H,12,14,15). The van der Waals surface area contributed by atoms with Crippen LogP contribution in [0.1, 0.15) is 5.56 Å². The number of hydrogen-bond donors (Lipinski definition) is 1. The molecular formula is C10H9BrN2O2. The van der Waals surface area contributed by atoms with Crippen LogP contribution >= 0.6 is 15.9 Å². The van der Waals surface area contributed by atoms with Gasteiger partial charge in [-0.25, -0.2) is 4.79 Å². The van der Waals surface area contributed by atoms with Crippen LogP contribution in [0.25, 0.3) is 0 Å². The first-order valence-electron chi connectivity index (χ1n) is 4.48. The van der Waals surface area contributed by atoms with Crippen molar-refractivity contribution in [2.75, 3.05) is 0 Å². The second kappa shape index (κ2) is 4.02. The first-order valence-corrected chi connectivity index (χ1v) is 5.39. The summed E-state index contributed by atoms with van der Waals surface area (Å²) in [6, 6.07) is 9.17.